The summed E-state index contributed by atoms with van der Waals surface area (Å²) in [5.74, 6) is 1.18. The average Bonchev–Trinajstić information content (AvgIpc) is 3.29. The van der Waals surface area contributed by atoms with Crippen LogP contribution in [0.4, 0.5) is 5.69 Å². The lowest BCUT2D eigenvalue weighted by atomic mass is 10.1. The molecule has 31 heavy (non-hydrogen) atoms. The molecular formula is C24H31N3O3S. The molecule has 166 valence electrons. The molecule has 0 aliphatic carbocycles. The van der Waals surface area contributed by atoms with E-state index in [0.29, 0.717) is 6.54 Å². The maximum absolute atomic E-state index is 12.4. The summed E-state index contributed by atoms with van der Waals surface area (Å²) in [6, 6.07) is 15.9. The van der Waals surface area contributed by atoms with Gasteiger partial charge < -0.3 is 15.4 Å². The molecule has 2 aromatic carbocycles. The molecule has 0 spiro atoms. The highest BCUT2D eigenvalue weighted by molar-refractivity contribution is 8.00. The Morgan fingerprint density at radius 1 is 1.06 bits per heavy atom. The van der Waals surface area contributed by atoms with Gasteiger partial charge in [0.2, 0.25) is 11.8 Å². The van der Waals surface area contributed by atoms with Crippen LogP contribution in [0, 0.1) is 6.92 Å². The molecule has 0 aromatic heterocycles. The third kappa shape index (κ3) is 7.29. The lowest BCUT2D eigenvalue weighted by Gasteiger charge is -2.28. The Kier molecular flexibility index (Phi) is 8.79. The lowest BCUT2D eigenvalue weighted by Crippen LogP contribution is -2.37. The Morgan fingerprint density at radius 2 is 1.77 bits per heavy atom. The Bertz CT molecular complexity index is 867. The fraction of sp³-hybridized carbons (Fsp3) is 0.417. The van der Waals surface area contributed by atoms with E-state index in [9.17, 15) is 9.59 Å². The van der Waals surface area contributed by atoms with Crippen LogP contribution < -0.4 is 15.4 Å². The Hall–Kier alpha value is -2.51. The van der Waals surface area contributed by atoms with E-state index in [-0.39, 0.29) is 29.4 Å². The van der Waals surface area contributed by atoms with Crippen molar-refractivity contribution >= 4 is 29.3 Å². The molecular weight excluding hydrogens is 410 g/mol. The Labute approximate surface area is 188 Å². The van der Waals surface area contributed by atoms with Crippen molar-refractivity contribution in [1.29, 1.82) is 0 Å². The first-order valence-electron chi connectivity index (χ1n) is 10.6. The minimum Gasteiger partial charge on any atom is -0.497 e. The molecule has 0 bridgehead atoms. The van der Waals surface area contributed by atoms with E-state index < -0.39 is 0 Å². The van der Waals surface area contributed by atoms with E-state index >= 15 is 0 Å². The normalized spacial score (nSPS) is 14.8. The molecule has 3 rings (SSSR count). The SMILES string of the molecule is COc1ccc(C(CNC(=O)CSCC(=O)Nc2cccc(C)c2)N2CCCC2)cc1. The van der Waals surface area contributed by atoms with Gasteiger partial charge in [0.1, 0.15) is 5.75 Å². The molecule has 1 aliphatic heterocycles. The highest BCUT2D eigenvalue weighted by atomic mass is 32.2. The van der Waals surface area contributed by atoms with Gasteiger partial charge >= 0.3 is 0 Å². The first kappa shape index (κ1) is 23.2. The van der Waals surface area contributed by atoms with Crippen LogP contribution in [-0.2, 0) is 9.59 Å². The maximum Gasteiger partial charge on any atom is 0.234 e. The molecule has 1 aliphatic rings. The predicted octanol–water partition coefficient (Wildman–Crippen LogP) is 3.63. The van der Waals surface area contributed by atoms with Crippen molar-refractivity contribution in [3.8, 4) is 5.75 Å². The van der Waals surface area contributed by atoms with Gasteiger partial charge in [-0.1, -0.05) is 24.3 Å². The summed E-state index contributed by atoms with van der Waals surface area (Å²) in [5.41, 5.74) is 3.05. The number of likely N-dealkylation sites (tertiary alicyclic amines) is 1. The van der Waals surface area contributed by atoms with Gasteiger partial charge in [0.25, 0.3) is 0 Å². The van der Waals surface area contributed by atoms with Gasteiger partial charge in [-0.15, -0.1) is 11.8 Å². The van der Waals surface area contributed by atoms with Gasteiger partial charge in [-0.3, -0.25) is 14.5 Å². The second-order valence-electron chi connectivity index (χ2n) is 7.75. The molecule has 1 saturated heterocycles. The Balaban J connectivity index is 1.45. The first-order chi connectivity index (χ1) is 15.0. The van der Waals surface area contributed by atoms with Gasteiger partial charge in [0.05, 0.1) is 24.7 Å². The summed E-state index contributed by atoms with van der Waals surface area (Å²) >= 11 is 1.32. The number of hydrogen-bond donors (Lipinski definition) is 2. The van der Waals surface area contributed by atoms with Gasteiger partial charge in [-0.05, 0) is 68.2 Å². The standard InChI is InChI=1S/C24H31N3O3S/c1-18-6-5-7-20(14-18)26-24(29)17-31-16-23(28)25-15-22(27-12-3-4-13-27)19-8-10-21(30-2)11-9-19/h5-11,14,22H,3-4,12-13,15-17H2,1-2H3,(H,25,28)(H,26,29). The van der Waals surface area contributed by atoms with Gasteiger partial charge in [-0.25, -0.2) is 0 Å². The number of ether oxygens (including phenoxy) is 1. The number of anilines is 1. The summed E-state index contributed by atoms with van der Waals surface area (Å²) in [7, 11) is 1.66. The number of thioether (sulfide) groups is 1. The second kappa shape index (κ2) is 11.8. The highest BCUT2D eigenvalue weighted by Gasteiger charge is 2.24. The molecule has 0 saturated carbocycles. The van der Waals surface area contributed by atoms with Crippen molar-refractivity contribution in [2.75, 3.05) is 43.6 Å². The van der Waals surface area contributed by atoms with E-state index in [1.807, 2.05) is 43.3 Å². The number of amides is 2. The van der Waals surface area contributed by atoms with Crippen LogP contribution in [0.2, 0.25) is 0 Å². The largest absolute Gasteiger partial charge is 0.497 e. The monoisotopic (exact) mass is 441 g/mol. The van der Waals surface area contributed by atoms with Crippen molar-refractivity contribution in [2.45, 2.75) is 25.8 Å². The summed E-state index contributed by atoms with van der Waals surface area (Å²) in [6.07, 6.45) is 2.37. The van der Waals surface area contributed by atoms with E-state index in [1.54, 1.807) is 7.11 Å². The zero-order valence-corrected chi connectivity index (χ0v) is 19.0. The van der Waals surface area contributed by atoms with Crippen LogP contribution in [0.25, 0.3) is 0 Å². The van der Waals surface area contributed by atoms with E-state index in [0.717, 1.165) is 30.1 Å². The summed E-state index contributed by atoms with van der Waals surface area (Å²) in [4.78, 5) is 26.9. The molecule has 0 radical (unpaired) electrons. The van der Waals surface area contributed by atoms with Crippen LogP contribution in [0.1, 0.15) is 30.0 Å². The number of nitrogens with one attached hydrogen (secondary N) is 2. The van der Waals surface area contributed by atoms with Crippen LogP contribution >= 0.6 is 11.8 Å². The fourth-order valence-corrected chi connectivity index (χ4v) is 4.40. The molecule has 1 heterocycles. The average molecular weight is 442 g/mol. The number of nitrogens with zero attached hydrogens (tertiary/aromatic N) is 1. The number of carbonyl (C=O) groups excluding carboxylic acids is 2. The third-order valence-corrected chi connectivity index (χ3v) is 6.28. The zero-order valence-electron chi connectivity index (χ0n) is 18.2. The van der Waals surface area contributed by atoms with Crippen LogP contribution in [0.5, 0.6) is 5.75 Å². The molecule has 2 amide bonds. The van der Waals surface area contributed by atoms with E-state index in [2.05, 4.69) is 27.7 Å². The number of carbonyl (C=O) groups is 2. The molecule has 2 N–H and O–H groups in total. The van der Waals surface area contributed by atoms with Gasteiger partial charge in [0.15, 0.2) is 0 Å². The van der Waals surface area contributed by atoms with Crippen LogP contribution in [-0.4, -0.2) is 55.0 Å². The Morgan fingerprint density at radius 3 is 2.45 bits per heavy atom. The molecule has 1 atom stereocenters. The topological polar surface area (TPSA) is 70.7 Å². The van der Waals surface area contributed by atoms with Crippen molar-refractivity contribution in [2.24, 2.45) is 0 Å². The minimum absolute atomic E-state index is 0.0499. The van der Waals surface area contributed by atoms with Crippen molar-refractivity contribution < 1.29 is 14.3 Å². The number of benzene rings is 2. The predicted molar refractivity (Wildman–Crippen MR) is 127 cm³/mol. The molecule has 7 heteroatoms. The molecule has 1 fully saturated rings. The van der Waals surface area contributed by atoms with Gasteiger partial charge in [-0.2, -0.15) is 0 Å². The quantitative estimate of drug-likeness (QED) is 0.589. The molecule has 1 unspecified atom stereocenters. The molecule has 2 aromatic rings. The summed E-state index contributed by atoms with van der Waals surface area (Å²) < 4.78 is 5.26. The highest BCUT2D eigenvalue weighted by Crippen LogP contribution is 2.26. The second-order valence-corrected chi connectivity index (χ2v) is 8.73. The van der Waals surface area contributed by atoms with Crippen molar-refractivity contribution in [3.63, 3.8) is 0 Å². The van der Waals surface area contributed by atoms with Gasteiger partial charge in [0, 0.05) is 12.2 Å². The zero-order chi connectivity index (χ0) is 22.1. The lowest BCUT2D eigenvalue weighted by molar-refractivity contribution is -0.118. The number of rotatable bonds is 10. The summed E-state index contributed by atoms with van der Waals surface area (Å²) in [6.45, 7) is 4.62. The number of aryl methyl sites for hydroxylation is 1. The van der Waals surface area contributed by atoms with E-state index in [4.69, 9.17) is 4.74 Å². The maximum atomic E-state index is 12.4. The van der Waals surface area contributed by atoms with Crippen molar-refractivity contribution in [1.82, 2.24) is 10.2 Å². The van der Waals surface area contributed by atoms with E-state index in [1.165, 1.54) is 30.2 Å². The van der Waals surface area contributed by atoms with Crippen LogP contribution in [0.15, 0.2) is 48.5 Å². The minimum atomic E-state index is -0.100. The summed E-state index contributed by atoms with van der Waals surface area (Å²) in [5, 5.41) is 5.92. The first-order valence-corrected chi connectivity index (χ1v) is 11.8. The number of hydrogen-bond acceptors (Lipinski definition) is 5. The number of methoxy groups -OCH3 is 1. The van der Waals surface area contributed by atoms with Crippen molar-refractivity contribution in [3.05, 3.63) is 59.7 Å². The van der Waals surface area contributed by atoms with Crippen LogP contribution in [0.3, 0.4) is 0 Å². The third-order valence-electron chi connectivity index (χ3n) is 5.34. The fourth-order valence-electron chi connectivity index (χ4n) is 3.75. The molecule has 6 nitrogen and oxygen atoms in total. The smallest absolute Gasteiger partial charge is 0.234 e.